The van der Waals surface area contributed by atoms with Gasteiger partial charge >= 0.3 is 39.5 Å². The molecule has 2 unspecified atom stereocenters. The van der Waals surface area contributed by atoms with Gasteiger partial charge in [-0.2, -0.15) is 0 Å². The molecule has 0 fully saturated rings. The van der Waals surface area contributed by atoms with Gasteiger partial charge in [0, 0.05) is 25.7 Å². The van der Waals surface area contributed by atoms with Crippen molar-refractivity contribution in [3.8, 4) is 0 Å². The molecule has 90 heavy (non-hydrogen) atoms. The van der Waals surface area contributed by atoms with E-state index in [0.29, 0.717) is 25.7 Å². The van der Waals surface area contributed by atoms with Crippen molar-refractivity contribution in [1.82, 2.24) is 0 Å². The van der Waals surface area contributed by atoms with E-state index in [1.165, 1.54) is 199 Å². The second-order valence-corrected chi connectivity index (χ2v) is 28.5. The zero-order valence-corrected chi connectivity index (χ0v) is 59.9. The van der Waals surface area contributed by atoms with E-state index >= 15 is 0 Å². The van der Waals surface area contributed by atoms with Crippen LogP contribution in [-0.4, -0.2) is 96.7 Å². The molecule has 17 nitrogen and oxygen atoms in total. The highest BCUT2D eigenvalue weighted by Crippen LogP contribution is 2.45. The lowest BCUT2D eigenvalue weighted by molar-refractivity contribution is -0.161. The molecule has 0 aliphatic carbocycles. The first-order chi connectivity index (χ1) is 43.7. The first-order valence-electron chi connectivity index (χ1n) is 37.3. The first-order valence-corrected chi connectivity index (χ1v) is 40.3. The van der Waals surface area contributed by atoms with Crippen LogP contribution in [0.4, 0.5) is 0 Å². The third kappa shape index (κ3) is 64.8. The summed E-state index contributed by atoms with van der Waals surface area (Å²) in [7, 11) is -9.89. The molecule has 0 aromatic carbocycles. The molecule has 0 heterocycles. The van der Waals surface area contributed by atoms with Crippen molar-refractivity contribution in [2.45, 2.75) is 393 Å². The zero-order valence-electron chi connectivity index (χ0n) is 58.1. The summed E-state index contributed by atoms with van der Waals surface area (Å²) in [6, 6.07) is 0. The summed E-state index contributed by atoms with van der Waals surface area (Å²) >= 11 is 0. The van der Waals surface area contributed by atoms with Crippen LogP contribution in [0.5, 0.6) is 0 Å². The van der Waals surface area contributed by atoms with Crippen molar-refractivity contribution < 1.29 is 80.2 Å². The maximum Gasteiger partial charge on any atom is 0.472 e. The van der Waals surface area contributed by atoms with E-state index in [2.05, 4.69) is 27.7 Å². The summed E-state index contributed by atoms with van der Waals surface area (Å²) in [6.45, 7) is 4.90. The average molecular weight is 1330 g/mol. The molecular formula is C71H138O17P2. The van der Waals surface area contributed by atoms with Crippen LogP contribution in [0.1, 0.15) is 374 Å². The maximum absolute atomic E-state index is 13.0. The van der Waals surface area contributed by atoms with Crippen LogP contribution in [0.15, 0.2) is 0 Å². The number of hydrogen-bond acceptors (Lipinski definition) is 15. The van der Waals surface area contributed by atoms with Gasteiger partial charge in [-0.15, -0.1) is 0 Å². The van der Waals surface area contributed by atoms with Crippen molar-refractivity contribution in [2.75, 3.05) is 39.6 Å². The van der Waals surface area contributed by atoms with E-state index in [9.17, 15) is 43.2 Å². The number of ether oxygens (including phenoxy) is 4. The Morgan fingerprint density at radius 3 is 0.656 bits per heavy atom. The number of esters is 4. The number of aliphatic hydroxyl groups excluding tert-OH is 1. The fourth-order valence-electron chi connectivity index (χ4n) is 10.9. The van der Waals surface area contributed by atoms with E-state index in [0.717, 1.165) is 96.3 Å². The van der Waals surface area contributed by atoms with Gasteiger partial charge in [-0.3, -0.25) is 37.3 Å². The Morgan fingerprint density at radius 1 is 0.267 bits per heavy atom. The highest BCUT2D eigenvalue weighted by Gasteiger charge is 2.30. The van der Waals surface area contributed by atoms with Crippen LogP contribution in [0, 0.1) is 0 Å². The second kappa shape index (κ2) is 65.7. The largest absolute Gasteiger partial charge is 0.472 e. The number of phosphoric acid groups is 2. The molecular weight excluding hydrogens is 1190 g/mol. The fraction of sp³-hybridized carbons (Fsp3) is 0.944. The highest BCUT2D eigenvalue weighted by molar-refractivity contribution is 7.47. The van der Waals surface area contributed by atoms with E-state index in [4.69, 9.17) is 37.0 Å². The van der Waals surface area contributed by atoms with Crippen LogP contribution in [0.25, 0.3) is 0 Å². The van der Waals surface area contributed by atoms with Crippen molar-refractivity contribution >= 4 is 39.5 Å². The van der Waals surface area contributed by atoms with Gasteiger partial charge in [0.25, 0.3) is 0 Å². The van der Waals surface area contributed by atoms with Gasteiger partial charge in [0.05, 0.1) is 26.4 Å². The lowest BCUT2D eigenvalue weighted by Crippen LogP contribution is -2.30. The molecule has 0 bridgehead atoms. The minimum absolute atomic E-state index is 0.103. The van der Waals surface area contributed by atoms with Gasteiger partial charge < -0.3 is 33.8 Å². The standard InChI is InChI=1S/C71H138O17P2/c1-5-9-13-17-21-24-27-30-33-36-38-41-44-48-51-55-68(73)81-61-66(87-70(75)57-53-47-20-16-12-8-4)63-85-89(77,78)83-59-65(72)60-84-90(79,80)86-64-67(88-71(76)58-54-50-46-43-40-35-32-29-26-23-19-15-11-7-3)62-82-69(74)56-52-49-45-42-39-37-34-31-28-25-22-18-14-10-6-2/h65-67,72H,5-64H2,1-4H3,(H,77,78)(H,79,80)/t65-,66+,67+/m0/s1. The molecule has 19 heteroatoms. The Bertz CT molecular complexity index is 1720. The maximum atomic E-state index is 13.0. The zero-order chi connectivity index (χ0) is 66.1. The van der Waals surface area contributed by atoms with Crippen molar-refractivity contribution in [2.24, 2.45) is 0 Å². The van der Waals surface area contributed by atoms with Crippen molar-refractivity contribution in [3.05, 3.63) is 0 Å². The third-order valence-electron chi connectivity index (χ3n) is 16.6. The van der Waals surface area contributed by atoms with E-state index in [1.54, 1.807) is 0 Å². The van der Waals surface area contributed by atoms with Gasteiger partial charge in [0.1, 0.15) is 19.3 Å². The molecule has 0 rings (SSSR count). The van der Waals surface area contributed by atoms with Crippen LogP contribution < -0.4 is 0 Å². The fourth-order valence-corrected chi connectivity index (χ4v) is 12.4. The van der Waals surface area contributed by atoms with Crippen LogP contribution in [-0.2, 0) is 65.4 Å². The number of phosphoric ester groups is 2. The molecule has 0 aromatic rings. The minimum Gasteiger partial charge on any atom is -0.462 e. The summed E-state index contributed by atoms with van der Waals surface area (Å²) < 4.78 is 68.2. The summed E-state index contributed by atoms with van der Waals surface area (Å²) in [5.74, 6) is -2.12. The predicted molar refractivity (Wildman–Crippen MR) is 363 cm³/mol. The Morgan fingerprint density at radius 2 is 0.444 bits per heavy atom. The highest BCUT2D eigenvalue weighted by atomic mass is 31.2. The van der Waals surface area contributed by atoms with E-state index < -0.39 is 97.5 Å². The van der Waals surface area contributed by atoms with Gasteiger partial charge in [0.15, 0.2) is 12.2 Å². The normalized spacial score (nSPS) is 14.0. The van der Waals surface area contributed by atoms with Crippen molar-refractivity contribution in [3.63, 3.8) is 0 Å². The molecule has 534 valence electrons. The lowest BCUT2D eigenvalue weighted by Gasteiger charge is -2.21. The quantitative estimate of drug-likeness (QED) is 0.0222. The topological polar surface area (TPSA) is 237 Å². The van der Waals surface area contributed by atoms with Gasteiger partial charge in [-0.25, -0.2) is 9.13 Å². The average Bonchev–Trinajstić information content (AvgIpc) is 2.50. The molecule has 5 atom stereocenters. The molecule has 0 aliphatic rings. The smallest absolute Gasteiger partial charge is 0.462 e. The second-order valence-electron chi connectivity index (χ2n) is 25.6. The number of rotatable bonds is 72. The molecule has 0 aromatic heterocycles. The molecule has 0 saturated carbocycles. The Labute approximate surface area is 549 Å². The van der Waals surface area contributed by atoms with Crippen molar-refractivity contribution in [1.29, 1.82) is 0 Å². The summed E-state index contributed by atoms with van der Waals surface area (Å²) in [5.41, 5.74) is 0. The van der Waals surface area contributed by atoms with Crippen LogP contribution >= 0.6 is 15.6 Å². The Balaban J connectivity index is 5.13. The van der Waals surface area contributed by atoms with Gasteiger partial charge in [0.2, 0.25) is 0 Å². The number of aliphatic hydroxyl groups is 1. The van der Waals surface area contributed by atoms with Crippen LogP contribution in [0.2, 0.25) is 0 Å². The lowest BCUT2D eigenvalue weighted by atomic mass is 10.0. The Hall–Kier alpha value is -1.94. The predicted octanol–water partition coefficient (Wildman–Crippen LogP) is 20.7. The number of unbranched alkanes of at least 4 members (excludes halogenated alkanes) is 46. The molecule has 0 radical (unpaired) electrons. The number of carbonyl (C=O) groups is 4. The molecule has 0 spiro atoms. The molecule has 3 N–H and O–H groups in total. The summed E-state index contributed by atoms with van der Waals surface area (Å²) in [4.78, 5) is 72.4. The summed E-state index contributed by atoms with van der Waals surface area (Å²) in [5, 5.41) is 10.6. The third-order valence-corrected chi connectivity index (χ3v) is 18.5. The number of hydrogen-bond donors (Lipinski definition) is 3. The number of carbonyl (C=O) groups excluding carboxylic acids is 4. The summed E-state index contributed by atoms with van der Waals surface area (Å²) in [6.07, 6.45) is 54.3. The monoisotopic (exact) mass is 1320 g/mol. The molecule has 0 saturated heterocycles. The van der Waals surface area contributed by atoms with Gasteiger partial charge in [-0.1, -0.05) is 323 Å². The molecule has 0 amide bonds. The Kier molecular flexibility index (Phi) is 64.3. The van der Waals surface area contributed by atoms with Crippen LogP contribution in [0.3, 0.4) is 0 Å². The molecule has 0 aliphatic heterocycles. The van der Waals surface area contributed by atoms with Gasteiger partial charge in [-0.05, 0) is 25.7 Å². The minimum atomic E-state index is -4.95. The first kappa shape index (κ1) is 88.1. The SMILES string of the molecule is CCCCCCCCCCCCCCCCCC(=O)OC[C@H](COP(=O)(O)OC[C@H](O)COP(=O)(O)OC[C@@H](COC(=O)CCCCCCCCCCCCCCCCC)OC(=O)CCCCCCCCCCCCCCCC)OC(=O)CCCCCCCC. The van der Waals surface area contributed by atoms with E-state index in [-0.39, 0.29) is 25.7 Å². The van der Waals surface area contributed by atoms with E-state index in [1.807, 2.05) is 0 Å².